The number of thiazole rings is 1. The van der Waals surface area contributed by atoms with Crippen molar-refractivity contribution in [3.05, 3.63) is 51.5 Å². The zero-order valence-electron chi connectivity index (χ0n) is 13.0. The van der Waals surface area contributed by atoms with E-state index in [2.05, 4.69) is 41.6 Å². The molecule has 0 radical (unpaired) electrons. The second-order valence-corrected chi connectivity index (χ2v) is 6.52. The van der Waals surface area contributed by atoms with Crippen LogP contribution in [-0.2, 0) is 19.3 Å². The Hall–Kier alpha value is -1.19. The first-order valence-corrected chi connectivity index (χ1v) is 8.91. The summed E-state index contributed by atoms with van der Waals surface area (Å²) in [5, 5.41) is 3.32. The predicted octanol–water partition coefficient (Wildman–Crippen LogP) is 4.36. The highest BCUT2D eigenvalue weighted by Gasteiger charge is 2.03. The van der Waals surface area contributed by atoms with E-state index in [1.54, 1.807) is 11.3 Å². The third-order valence-electron chi connectivity index (χ3n) is 3.70. The van der Waals surface area contributed by atoms with E-state index in [0.29, 0.717) is 6.54 Å². The maximum Gasteiger partial charge on any atom is 0.0972 e. The van der Waals surface area contributed by atoms with Gasteiger partial charge in [0.2, 0.25) is 0 Å². The Morgan fingerprint density at radius 2 is 1.76 bits per heavy atom. The number of hydrogen-bond acceptors (Lipinski definition) is 3. The minimum absolute atomic E-state index is 0.676. The van der Waals surface area contributed by atoms with Gasteiger partial charge in [-0.3, -0.25) is 0 Å². The van der Waals surface area contributed by atoms with E-state index in [0.717, 1.165) is 18.5 Å². The first-order chi connectivity index (χ1) is 10.3. The van der Waals surface area contributed by atoms with Crippen LogP contribution in [0.4, 0.5) is 0 Å². The number of hydrogen-bond donors (Lipinski definition) is 1. The van der Waals surface area contributed by atoms with E-state index in [4.69, 9.17) is 5.73 Å². The molecule has 3 heteroatoms. The maximum atomic E-state index is 5.56. The molecule has 114 valence electrons. The van der Waals surface area contributed by atoms with Crippen LogP contribution in [0.5, 0.6) is 0 Å². The topological polar surface area (TPSA) is 38.9 Å². The molecule has 0 unspecified atom stereocenters. The van der Waals surface area contributed by atoms with Crippen LogP contribution in [0.1, 0.15) is 54.4 Å². The van der Waals surface area contributed by atoms with Crippen LogP contribution in [0.15, 0.2) is 29.6 Å². The van der Waals surface area contributed by atoms with E-state index in [-0.39, 0.29) is 0 Å². The van der Waals surface area contributed by atoms with Gasteiger partial charge >= 0.3 is 0 Å². The van der Waals surface area contributed by atoms with Gasteiger partial charge in [0.05, 0.1) is 10.7 Å². The van der Waals surface area contributed by atoms with Gasteiger partial charge in [0.1, 0.15) is 0 Å². The monoisotopic (exact) mass is 302 g/mol. The summed E-state index contributed by atoms with van der Waals surface area (Å²) in [7, 11) is 0. The lowest BCUT2D eigenvalue weighted by Crippen LogP contribution is -2.02. The minimum atomic E-state index is 0.676. The van der Waals surface area contributed by atoms with Crippen molar-refractivity contribution in [2.45, 2.75) is 51.9 Å². The van der Waals surface area contributed by atoms with Crippen LogP contribution in [0.2, 0.25) is 0 Å². The van der Waals surface area contributed by atoms with E-state index >= 15 is 0 Å². The Morgan fingerprint density at radius 1 is 1.00 bits per heavy atom. The Labute approximate surface area is 132 Å². The summed E-state index contributed by atoms with van der Waals surface area (Å²) in [6, 6.07) is 9.05. The van der Waals surface area contributed by atoms with Gasteiger partial charge in [0.15, 0.2) is 0 Å². The number of nitrogens with zero attached hydrogens (tertiary/aromatic N) is 1. The number of aromatic nitrogens is 1. The van der Waals surface area contributed by atoms with Crippen LogP contribution in [0, 0.1) is 0 Å². The number of benzene rings is 1. The Balaban J connectivity index is 1.83. The van der Waals surface area contributed by atoms with Crippen molar-refractivity contribution in [1.29, 1.82) is 0 Å². The smallest absolute Gasteiger partial charge is 0.0972 e. The molecule has 2 rings (SSSR count). The van der Waals surface area contributed by atoms with Crippen molar-refractivity contribution in [2.75, 3.05) is 6.54 Å². The highest BCUT2D eigenvalue weighted by molar-refractivity contribution is 7.09. The second-order valence-electron chi connectivity index (χ2n) is 5.58. The van der Waals surface area contributed by atoms with Gasteiger partial charge in [-0.25, -0.2) is 4.98 Å². The lowest BCUT2D eigenvalue weighted by molar-refractivity contribution is 0.667. The highest BCUT2D eigenvalue weighted by atomic mass is 32.1. The molecule has 2 aromatic rings. The molecule has 1 aromatic carbocycles. The molecule has 2 nitrogen and oxygen atoms in total. The van der Waals surface area contributed by atoms with Crippen molar-refractivity contribution in [3.63, 3.8) is 0 Å². The average Bonchev–Trinajstić information content (AvgIpc) is 2.93. The lowest BCUT2D eigenvalue weighted by atomic mass is 10.0. The fourth-order valence-corrected chi connectivity index (χ4v) is 3.31. The van der Waals surface area contributed by atoms with Crippen molar-refractivity contribution in [2.24, 2.45) is 5.73 Å². The summed E-state index contributed by atoms with van der Waals surface area (Å²) in [5.74, 6) is 0. The molecule has 0 saturated carbocycles. The summed E-state index contributed by atoms with van der Waals surface area (Å²) in [5.41, 5.74) is 9.50. The third-order valence-corrected chi connectivity index (χ3v) is 4.59. The summed E-state index contributed by atoms with van der Waals surface area (Å²) >= 11 is 1.74. The SMILES string of the molecule is CCCCCCc1ccc(Cc2nc(CCN)cs2)cc1. The maximum absolute atomic E-state index is 5.56. The summed E-state index contributed by atoms with van der Waals surface area (Å²) in [6.45, 7) is 2.93. The van der Waals surface area contributed by atoms with Gasteiger partial charge < -0.3 is 5.73 Å². The van der Waals surface area contributed by atoms with Crippen LogP contribution in [0.3, 0.4) is 0 Å². The molecule has 1 heterocycles. The Kier molecular flexibility index (Phi) is 6.90. The quantitative estimate of drug-likeness (QED) is 0.699. The van der Waals surface area contributed by atoms with Gasteiger partial charge in [-0.15, -0.1) is 11.3 Å². The van der Waals surface area contributed by atoms with Crippen LogP contribution in [0.25, 0.3) is 0 Å². The first-order valence-electron chi connectivity index (χ1n) is 8.03. The van der Waals surface area contributed by atoms with E-state index in [1.165, 1.54) is 48.2 Å². The molecular weight excluding hydrogens is 276 g/mol. The van der Waals surface area contributed by atoms with Gasteiger partial charge in [0.25, 0.3) is 0 Å². The Morgan fingerprint density at radius 3 is 2.48 bits per heavy atom. The van der Waals surface area contributed by atoms with E-state index in [1.807, 2.05) is 0 Å². The average molecular weight is 302 g/mol. The van der Waals surface area contributed by atoms with Crippen molar-refractivity contribution >= 4 is 11.3 Å². The third kappa shape index (κ3) is 5.60. The van der Waals surface area contributed by atoms with Crippen molar-refractivity contribution in [1.82, 2.24) is 4.98 Å². The number of rotatable bonds is 9. The molecule has 21 heavy (non-hydrogen) atoms. The zero-order valence-corrected chi connectivity index (χ0v) is 13.8. The minimum Gasteiger partial charge on any atom is -0.330 e. The fraction of sp³-hybridized carbons (Fsp3) is 0.500. The van der Waals surface area contributed by atoms with Gasteiger partial charge in [-0.2, -0.15) is 0 Å². The molecular formula is C18H26N2S. The van der Waals surface area contributed by atoms with Gasteiger partial charge in [-0.1, -0.05) is 50.5 Å². The van der Waals surface area contributed by atoms with Crippen molar-refractivity contribution < 1.29 is 0 Å². The standard InChI is InChI=1S/C18H26N2S/c1-2-3-4-5-6-15-7-9-16(10-8-15)13-18-20-17(11-12-19)14-21-18/h7-10,14H,2-6,11-13,19H2,1H3. The second kappa shape index (κ2) is 8.96. The summed E-state index contributed by atoms with van der Waals surface area (Å²) < 4.78 is 0. The van der Waals surface area contributed by atoms with Gasteiger partial charge in [0, 0.05) is 18.2 Å². The van der Waals surface area contributed by atoms with Gasteiger partial charge in [-0.05, 0) is 30.5 Å². The van der Waals surface area contributed by atoms with Crippen LogP contribution < -0.4 is 5.73 Å². The fourth-order valence-electron chi connectivity index (χ4n) is 2.45. The molecule has 1 aromatic heterocycles. The number of aryl methyl sites for hydroxylation is 1. The Bertz CT molecular complexity index is 516. The number of nitrogens with two attached hydrogens (primary N) is 1. The molecule has 0 aliphatic rings. The summed E-state index contributed by atoms with van der Waals surface area (Å²) in [4.78, 5) is 4.63. The van der Waals surface area contributed by atoms with E-state index in [9.17, 15) is 0 Å². The van der Waals surface area contributed by atoms with Crippen LogP contribution >= 0.6 is 11.3 Å². The molecule has 0 fully saturated rings. The predicted molar refractivity (Wildman–Crippen MR) is 92.0 cm³/mol. The molecule has 0 bridgehead atoms. The molecule has 0 spiro atoms. The zero-order chi connectivity index (χ0) is 14.9. The van der Waals surface area contributed by atoms with Crippen molar-refractivity contribution in [3.8, 4) is 0 Å². The molecule has 0 aliphatic carbocycles. The number of unbranched alkanes of at least 4 members (excludes halogenated alkanes) is 3. The lowest BCUT2D eigenvalue weighted by Gasteiger charge is -2.03. The first kappa shape index (κ1) is 16.2. The molecule has 2 N–H and O–H groups in total. The molecule has 0 saturated heterocycles. The highest BCUT2D eigenvalue weighted by Crippen LogP contribution is 2.16. The molecule has 0 aliphatic heterocycles. The van der Waals surface area contributed by atoms with E-state index < -0.39 is 0 Å². The summed E-state index contributed by atoms with van der Waals surface area (Å²) in [6.07, 6.45) is 8.34. The largest absolute Gasteiger partial charge is 0.330 e. The normalized spacial score (nSPS) is 11.0. The molecule has 0 atom stereocenters. The molecule has 0 amide bonds. The van der Waals surface area contributed by atoms with Crippen LogP contribution in [-0.4, -0.2) is 11.5 Å².